The molecule has 14 aromatic carbocycles. The van der Waals surface area contributed by atoms with Gasteiger partial charge in [-0.05, 0) is 339 Å². The lowest BCUT2D eigenvalue weighted by Gasteiger charge is -2.38. The molecule has 14 aromatic rings. The highest BCUT2D eigenvalue weighted by Crippen LogP contribution is 2.56. The smallest absolute Gasteiger partial charge is 0.0543 e. The first-order valence-electron chi connectivity index (χ1n) is 38.8. The molecule has 0 N–H and O–H groups in total. The molecule has 0 aromatic heterocycles. The molecular weight excluding hydrogens is 1410 g/mol. The van der Waals surface area contributed by atoms with Crippen molar-refractivity contribution in [2.24, 2.45) is 0 Å². The van der Waals surface area contributed by atoms with Gasteiger partial charge in [-0.25, -0.2) is 0 Å². The van der Waals surface area contributed by atoms with E-state index < -0.39 is 0 Å². The summed E-state index contributed by atoms with van der Waals surface area (Å²) < 4.78 is 2.43. The van der Waals surface area contributed by atoms with Crippen LogP contribution < -0.4 is 9.80 Å². The number of nitrogens with zero attached hydrogens (tertiary/aromatic N) is 2. The Labute approximate surface area is 651 Å². The quantitative estimate of drug-likeness (QED) is 0.140. The Morgan fingerprint density at radius 1 is 0.292 bits per heavy atom. The van der Waals surface area contributed by atoms with Crippen LogP contribution in [0.3, 0.4) is 0 Å². The number of hydrogen-bond acceptors (Lipinski definition) is 2. The summed E-state index contributed by atoms with van der Waals surface area (Å²) in [6, 6.07) is 66.0. The topological polar surface area (TPSA) is 6.48 Å². The van der Waals surface area contributed by atoms with Crippen molar-refractivity contribution in [1.29, 1.82) is 0 Å². The molecule has 0 saturated heterocycles. The average Bonchev–Trinajstić information content (AvgIpc) is 0.703. The monoisotopic (exact) mass is 1520 g/mol. The average molecular weight is 1520 g/mol. The molecule has 4 heteroatoms. The number of hydrogen-bond donors (Lipinski definition) is 0. The standard InChI is InChI=1S/C60H66N2.C22H18Br2.C20H26/c1-35-16-24-49(40(6)28-35)61(51-32-43(58(8,9)10)20-18-37(51)3)53-30-39(5)45-22-23-46-54(31-42-26-27-60(14,15)48-34-47(53)56(45)57(46)55(42)48)62(50-25-17-36(2)29-41(50)7)52-33-44(59(11,12)13)21-19-38(52)4;1-11-8-17(23)15-10-16-19-12(6-7-22(16,2)3)9-18(24)14-5-4-13(11)20(15)21(14)19;1-14-7-9-17(16(3)11-14)12-18-13-19(20(4,5)6)10-8-15(18)2/h16-25,28-34H,26-27H2,1-15H3;4-5,8-10H,6-7H2,1-3H3;7-11,13H,12H2,1-6H3. The van der Waals surface area contributed by atoms with Crippen molar-refractivity contribution in [3.63, 3.8) is 0 Å². The summed E-state index contributed by atoms with van der Waals surface area (Å²) in [6.07, 6.45) is 5.54. The van der Waals surface area contributed by atoms with E-state index in [-0.39, 0.29) is 27.1 Å². The molecule has 0 aliphatic heterocycles. The molecule has 542 valence electrons. The van der Waals surface area contributed by atoms with Gasteiger partial charge in [-0.2, -0.15) is 0 Å². The molecule has 106 heavy (non-hydrogen) atoms. The van der Waals surface area contributed by atoms with Crippen LogP contribution >= 0.6 is 31.9 Å². The van der Waals surface area contributed by atoms with Crippen LogP contribution in [-0.4, -0.2) is 0 Å². The van der Waals surface area contributed by atoms with Crippen LogP contribution in [0.15, 0.2) is 179 Å². The highest BCUT2D eigenvalue weighted by molar-refractivity contribution is 9.11. The second-order valence-electron chi connectivity index (χ2n) is 36.5. The third kappa shape index (κ3) is 13.3. The minimum absolute atomic E-state index is 0.000984. The molecule has 2 aliphatic rings. The molecule has 0 heterocycles. The van der Waals surface area contributed by atoms with Crippen LogP contribution in [0.2, 0.25) is 0 Å². The van der Waals surface area contributed by atoms with Gasteiger partial charge in [-0.1, -0.05) is 248 Å². The predicted molar refractivity (Wildman–Crippen MR) is 472 cm³/mol. The SMILES string of the molecule is Cc1cc(Br)c2cc3c4c(cc(Br)c5ccc1c2c54)CCC3(C)C.Cc1ccc(Cc2cc(C(C)(C)C)ccc2C)c(C)c1.Cc1ccc(N(c2cc(C(C)(C)C)ccc2C)c2cc(C)c3ccc4c(N(c5ccc(C)cc5C)c5cc(C(C)(C)C)ccc5C)cc5c6c(cc2c3c46)C(C)(C)CC5)c(C)c1. The Balaban J connectivity index is 0.000000173. The fourth-order valence-electron chi connectivity index (χ4n) is 17.7. The lowest BCUT2D eigenvalue weighted by Crippen LogP contribution is -2.24. The van der Waals surface area contributed by atoms with E-state index in [0.717, 1.165) is 25.7 Å². The van der Waals surface area contributed by atoms with E-state index >= 15 is 0 Å². The van der Waals surface area contributed by atoms with Crippen LogP contribution in [-0.2, 0) is 46.3 Å². The summed E-state index contributed by atoms with van der Waals surface area (Å²) in [4.78, 5) is 5.21. The second-order valence-corrected chi connectivity index (χ2v) is 38.2. The molecule has 0 bridgehead atoms. The Hall–Kier alpha value is -8.28. The van der Waals surface area contributed by atoms with Gasteiger partial charge in [0.2, 0.25) is 0 Å². The summed E-state index contributed by atoms with van der Waals surface area (Å²) in [5.74, 6) is 0. The summed E-state index contributed by atoms with van der Waals surface area (Å²) in [5.41, 5.74) is 35.2. The molecule has 0 atom stereocenters. The summed E-state index contributed by atoms with van der Waals surface area (Å²) >= 11 is 7.67. The number of benzene rings is 14. The van der Waals surface area contributed by atoms with Crippen LogP contribution in [0, 0.1) is 76.2 Å². The van der Waals surface area contributed by atoms with Gasteiger partial charge < -0.3 is 9.80 Å². The zero-order valence-electron chi connectivity index (χ0n) is 67.9. The van der Waals surface area contributed by atoms with Crippen LogP contribution in [0.1, 0.15) is 214 Å². The van der Waals surface area contributed by atoms with E-state index in [1.54, 1.807) is 0 Å². The van der Waals surface area contributed by atoms with Crippen molar-refractivity contribution in [3.05, 3.63) is 290 Å². The molecule has 0 fully saturated rings. The van der Waals surface area contributed by atoms with Gasteiger partial charge in [-0.15, -0.1) is 0 Å². The number of anilines is 6. The maximum atomic E-state index is 3.84. The molecule has 2 aliphatic carbocycles. The molecule has 0 radical (unpaired) electrons. The third-order valence-corrected chi connectivity index (χ3v) is 25.6. The second kappa shape index (κ2) is 27.1. The zero-order chi connectivity index (χ0) is 76.1. The Morgan fingerprint density at radius 2 is 0.698 bits per heavy atom. The molecule has 0 amide bonds. The maximum absolute atomic E-state index is 3.84. The fraction of sp³-hybridized carbons (Fsp3) is 0.333. The van der Waals surface area contributed by atoms with Crippen LogP contribution in [0.5, 0.6) is 0 Å². The largest absolute Gasteiger partial charge is 0.309 e. The Morgan fingerprint density at radius 3 is 1.20 bits per heavy atom. The van der Waals surface area contributed by atoms with Crippen LogP contribution in [0.4, 0.5) is 34.1 Å². The van der Waals surface area contributed by atoms with Gasteiger partial charge >= 0.3 is 0 Å². The fourth-order valence-corrected chi connectivity index (χ4v) is 18.9. The number of halogens is 2. The Kier molecular flexibility index (Phi) is 19.1. The van der Waals surface area contributed by atoms with Gasteiger partial charge in [0.15, 0.2) is 0 Å². The third-order valence-electron chi connectivity index (χ3n) is 24.3. The molecule has 16 rings (SSSR count). The van der Waals surface area contributed by atoms with Crippen molar-refractivity contribution >= 4 is 131 Å². The van der Waals surface area contributed by atoms with Gasteiger partial charge in [0.25, 0.3) is 0 Å². The van der Waals surface area contributed by atoms with E-state index in [0.29, 0.717) is 0 Å². The summed E-state index contributed by atoms with van der Waals surface area (Å²) in [7, 11) is 0. The summed E-state index contributed by atoms with van der Waals surface area (Å²) in [6.45, 7) is 55.2. The zero-order valence-corrected chi connectivity index (χ0v) is 71.0. The highest BCUT2D eigenvalue weighted by atomic mass is 79.9. The predicted octanol–water partition coefficient (Wildman–Crippen LogP) is 30.6. The molecule has 0 unspecified atom stereocenters. The Bertz CT molecular complexity index is 5850. The number of aryl methyl sites for hydroxylation is 13. The summed E-state index contributed by atoms with van der Waals surface area (Å²) in [5, 5.41) is 16.6. The molecule has 2 nitrogen and oxygen atoms in total. The minimum Gasteiger partial charge on any atom is -0.309 e. The van der Waals surface area contributed by atoms with Gasteiger partial charge in [-0.3, -0.25) is 0 Å². The molecular formula is C102H110Br2N2. The van der Waals surface area contributed by atoms with E-state index in [4.69, 9.17) is 0 Å². The van der Waals surface area contributed by atoms with Crippen LogP contribution in [0.25, 0.3) is 64.6 Å². The number of rotatable bonds is 8. The van der Waals surface area contributed by atoms with Gasteiger partial charge in [0.1, 0.15) is 0 Å². The first kappa shape index (κ1) is 74.6. The molecule has 0 saturated carbocycles. The van der Waals surface area contributed by atoms with Crippen molar-refractivity contribution < 1.29 is 0 Å². The van der Waals surface area contributed by atoms with E-state index in [9.17, 15) is 0 Å². The normalized spacial score (nSPS) is 14.2. The highest BCUT2D eigenvalue weighted by Gasteiger charge is 2.36. The van der Waals surface area contributed by atoms with Gasteiger partial charge in [0.05, 0.1) is 11.4 Å². The lowest BCUT2D eigenvalue weighted by atomic mass is 9.70. The van der Waals surface area contributed by atoms with E-state index in [1.165, 1.54) is 225 Å². The minimum atomic E-state index is 0.000984. The van der Waals surface area contributed by atoms with Crippen molar-refractivity contribution in [2.75, 3.05) is 9.80 Å². The maximum Gasteiger partial charge on any atom is 0.0543 e. The van der Waals surface area contributed by atoms with Gasteiger partial charge in [0, 0.05) is 47.9 Å². The van der Waals surface area contributed by atoms with Crippen molar-refractivity contribution in [2.45, 2.75) is 225 Å². The first-order valence-corrected chi connectivity index (χ1v) is 40.4. The molecule has 0 spiro atoms. The van der Waals surface area contributed by atoms with Crippen molar-refractivity contribution in [3.8, 4) is 0 Å². The van der Waals surface area contributed by atoms with E-state index in [2.05, 4.69) is 378 Å². The van der Waals surface area contributed by atoms with E-state index in [1.807, 2.05) is 0 Å². The lowest BCUT2D eigenvalue weighted by molar-refractivity contribution is 0.475. The first-order chi connectivity index (χ1) is 49.8. The van der Waals surface area contributed by atoms with Crippen molar-refractivity contribution in [1.82, 2.24) is 0 Å².